The molecular formula is C11H15Cl3N2O3. The van der Waals surface area contributed by atoms with Gasteiger partial charge in [0.05, 0.1) is 6.26 Å². The van der Waals surface area contributed by atoms with Gasteiger partial charge in [0.1, 0.15) is 6.17 Å². The van der Waals surface area contributed by atoms with Crippen LogP contribution in [0.15, 0.2) is 22.8 Å². The van der Waals surface area contributed by atoms with E-state index in [1.165, 1.54) is 12.3 Å². The summed E-state index contributed by atoms with van der Waals surface area (Å²) >= 11 is 17.4. The van der Waals surface area contributed by atoms with Crippen molar-refractivity contribution >= 4 is 40.7 Å². The molecule has 1 heterocycles. The van der Waals surface area contributed by atoms with Crippen LogP contribution in [0.5, 0.6) is 0 Å². The van der Waals surface area contributed by atoms with Crippen molar-refractivity contribution in [1.29, 1.82) is 0 Å². The van der Waals surface area contributed by atoms with Crippen LogP contribution in [0.3, 0.4) is 0 Å². The normalized spacial score (nSPS) is 13.3. The van der Waals surface area contributed by atoms with Crippen LogP contribution in [0.25, 0.3) is 0 Å². The Morgan fingerprint density at radius 2 is 2.26 bits per heavy atom. The molecule has 0 aliphatic rings. The van der Waals surface area contributed by atoms with Crippen molar-refractivity contribution in [2.24, 2.45) is 0 Å². The maximum atomic E-state index is 11.8. The summed E-state index contributed by atoms with van der Waals surface area (Å²) in [6, 6.07) is 3.13. The fourth-order valence-electron chi connectivity index (χ4n) is 1.32. The molecule has 0 bridgehead atoms. The second-order valence-electron chi connectivity index (χ2n) is 3.73. The first-order chi connectivity index (χ1) is 8.95. The highest BCUT2D eigenvalue weighted by molar-refractivity contribution is 6.68. The molecule has 1 unspecified atom stereocenters. The number of hydrogen-bond donors (Lipinski definition) is 2. The quantitative estimate of drug-likeness (QED) is 0.458. The molecule has 0 saturated heterocycles. The zero-order valence-electron chi connectivity index (χ0n) is 10.3. The predicted molar refractivity (Wildman–Crippen MR) is 74.7 cm³/mol. The third kappa shape index (κ3) is 6.01. The molecule has 1 atom stereocenters. The Morgan fingerprint density at radius 3 is 2.79 bits per heavy atom. The molecule has 0 saturated carbocycles. The van der Waals surface area contributed by atoms with Crippen LogP contribution in [-0.4, -0.2) is 36.1 Å². The highest BCUT2D eigenvalue weighted by Crippen LogP contribution is 2.29. The lowest BCUT2D eigenvalue weighted by atomic mass is 10.4. The number of halogens is 3. The van der Waals surface area contributed by atoms with Gasteiger partial charge in [-0.15, -0.1) is 0 Å². The minimum atomic E-state index is -1.67. The summed E-state index contributed by atoms with van der Waals surface area (Å²) in [5.74, 6) is -0.307. The molecule has 0 fully saturated rings. The number of ether oxygens (including phenoxy) is 1. The average Bonchev–Trinajstić information content (AvgIpc) is 2.85. The van der Waals surface area contributed by atoms with Crippen LogP contribution in [0.4, 0.5) is 0 Å². The Kier molecular flexibility index (Phi) is 6.96. The first-order valence-corrected chi connectivity index (χ1v) is 6.72. The molecule has 0 radical (unpaired) electrons. The van der Waals surface area contributed by atoms with Gasteiger partial charge >= 0.3 is 0 Å². The number of carbonyl (C=O) groups is 1. The Balaban J connectivity index is 2.52. The lowest BCUT2D eigenvalue weighted by Crippen LogP contribution is -2.53. The van der Waals surface area contributed by atoms with Gasteiger partial charge < -0.3 is 14.5 Å². The van der Waals surface area contributed by atoms with Gasteiger partial charge in [0, 0.05) is 13.7 Å². The van der Waals surface area contributed by atoms with Gasteiger partial charge in [0.2, 0.25) is 3.79 Å². The maximum absolute atomic E-state index is 11.8. The molecule has 0 aliphatic carbocycles. The molecule has 2 N–H and O–H groups in total. The van der Waals surface area contributed by atoms with E-state index in [1.54, 1.807) is 13.2 Å². The highest BCUT2D eigenvalue weighted by Gasteiger charge is 2.34. The van der Waals surface area contributed by atoms with E-state index in [1.807, 2.05) is 0 Å². The highest BCUT2D eigenvalue weighted by atomic mass is 35.6. The van der Waals surface area contributed by atoms with Gasteiger partial charge in [-0.05, 0) is 25.1 Å². The fraction of sp³-hybridized carbons (Fsp3) is 0.545. The van der Waals surface area contributed by atoms with Crippen molar-refractivity contribution < 1.29 is 13.9 Å². The summed E-state index contributed by atoms with van der Waals surface area (Å²) < 4.78 is 8.20. The molecule has 5 nitrogen and oxygen atoms in total. The number of alkyl halides is 3. The lowest BCUT2D eigenvalue weighted by Gasteiger charge is -2.26. The minimum absolute atomic E-state index is 0.151. The molecule has 108 valence electrons. The summed E-state index contributed by atoms with van der Waals surface area (Å²) in [6.45, 7) is 1.11. The van der Waals surface area contributed by atoms with Crippen LogP contribution >= 0.6 is 34.8 Å². The van der Waals surface area contributed by atoms with Gasteiger partial charge in [0.15, 0.2) is 5.76 Å². The van der Waals surface area contributed by atoms with E-state index in [0.717, 1.165) is 6.42 Å². The van der Waals surface area contributed by atoms with Crippen molar-refractivity contribution in [3.8, 4) is 0 Å². The Bertz CT molecular complexity index is 379. The van der Waals surface area contributed by atoms with Crippen LogP contribution in [-0.2, 0) is 4.74 Å². The molecular weight excluding hydrogens is 314 g/mol. The Hall–Kier alpha value is -0.460. The molecule has 0 aliphatic heterocycles. The van der Waals surface area contributed by atoms with E-state index >= 15 is 0 Å². The summed E-state index contributed by atoms with van der Waals surface area (Å²) in [5.41, 5.74) is 0. The number of carbonyl (C=O) groups excluding carboxylic acids is 1. The van der Waals surface area contributed by atoms with Crippen LogP contribution in [0.2, 0.25) is 0 Å². The lowest BCUT2D eigenvalue weighted by molar-refractivity contribution is 0.0901. The zero-order valence-corrected chi connectivity index (χ0v) is 12.6. The van der Waals surface area contributed by atoms with Gasteiger partial charge in [-0.2, -0.15) is 0 Å². The number of rotatable bonds is 7. The molecule has 8 heteroatoms. The minimum Gasteiger partial charge on any atom is -0.459 e. The van der Waals surface area contributed by atoms with E-state index in [2.05, 4.69) is 10.6 Å². The number of furan rings is 1. The van der Waals surface area contributed by atoms with E-state index in [-0.39, 0.29) is 5.76 Å². The van der Waals surface area contributed by atoms with Crippen LogP contribution in [0.1, 0.15) is 17.0 Å². The standard InChI is InChI=1S/C11H15Cl3N2O3/c1-18-6-3-5-15-10(11(12,13)14)16-9(17)8-4-2-7-19-8/h2,4,7,10,15H,3,5-6H2,1H3,(H,16,17). The SMILES string of the molecule is COCCCNC(NC(=O)c1ccco1)C(Cl)(Cl)Cl. The second kappa shape index (κ2) is 7.97. The Labute approximate surface area is 126 Å². The molecule has 19 heavy (non-hydrogen) atoms. The molecule has 0 aromatic carbocycles. The van der Waals surface area contributed by atoms with Gasteiger partial charge in [-0.25, -0.2) is 0 Å². The zero-order chi connectivity index (χ0) is 14.3. The van der Waals surface area contributed by atoms with Crippen molar-refractivity contribution in [1.82, 2.24) is 10.6 Å². The maximum Gasteiger partial charge on any atom is 0.288 e. The van der Waals surface area contributed by atoms with Crippen LogP contribution < -0.4 is 10.6 Å². The largest absolute Gasteiger partial charge is 0.459 e. The molecule has 0 spiro atoms. The van der Waals surface area contributed by atoms with E-state index < -0.39 is 15.9 Å². The predicted octanol–water partition coefficient (Wildman–Crippen LogP) is 2.33. The molecule has 1 aromatic heterocycles. The summed E-state index contributed by atoms with van der Waals surface area (Å²) in [6.07, 6.45) is 1.29. The molecule has 1 aromatic rings. The molecule has 1 amide bonds. The third-order valence-corrected chi connectivity index (χ3v) is 2.88. The van der Waals surface area contributed by atoms with Crippen molar-refractivity contribution in [2.45, 2.75) is 16.4 Å². The summed E-state index contributed by atoms with van der Waals surface area (Å²) in [4.78, 5) is 11.8. The number of hydrogen-bond acceptors (Lipinski definition) is 4. The Morgan fingerprint density at radius 1 is 1.53 bits per heavy atom. The number of nitrogens with one attached hydrogen (secondary N) is 2. The van der Waals surface area contributed by atoms with Crippen molar-refractivity contribution in [2.75, 3.05) is 20.3 Å². The van der Waals surface area contributed by atoms with Gasteiger partial charge in [0.25, 0.3) is 5.91 Å². The van der Waals surface area contributed by atoms with Crippen molar-refractivity contribution in [3.63, 3.8) is 0 Å². The van der Waals surface area contributed by atoms with E-state index in [9.17, 15) is 4.79 Å². The topological polar surface area (TPSA) is 63.5 Å². The van der Waals surface area contributed by atoms with Crippen molar-refractivity contribution in [3.05, 3.63) is 24.2 Å². The average molecular weight is 330 g/mol. The first kappa shape index (κ1) is 16.6. The number of methoxy groups -OCH3 is 1. The fourth-order valence-corrected chi connectivity index (χ4v) is 1.72. The number of amides is 1. The summed E-state index contributed by atoms with van der Waals surface area (Å²) in [7, 11) is 1.60. The monoisotopic (exact) mass is 328 g/mol. The molecule has 1 rings (SSSR count). The van der Waals surface area contributed by atoms with Gasteiger partial charge in [-0.1, -0.05) is 34.8 Å². The third-order valence-electron chi connectivity index (χ3n) is 2.22. The second-order valence-corrected chi connectivity index (χ2v) is 6.09. The van der Waals surface area contributed by atoms with E-state index in [4.69, 9.17) is 44.0 Å². The van der Waals surface area contributed by atoms with Gasteiger partial charge in [-0.3, -0.25) is 10.1 Å². The van der Waals surface area contributed by atoms with E-state index in [0.29, 0.717) is 13.2 Å². The first-order valence-electron chi connectivity index (χ1n) is 5.58. The summed E-state index contributed by atoms with van der Waals surface area (Å²) in [5, 5.41) is 5.49. The smallest absolute Gasteiger partial charge is 0.288 e. The van der Waals surface area contributed by atoms with Crippen LogP contribution in [0, 0.1) is 0 Å².